The number of ether oxygens (including phenoxy) is 2. The van der Waals surface area contributed by atoms with Crippen molar-refractivity contribution in [3.05, 3.63) is 23.8 Å². The van der Waals surface area contributed by atoms with Crippen molar-refractivity contribution >= 4 is 0 Å². The van der Waals surface area contributed by atoms with Crippen LogP contribution < -0.4 is 9.47 Å². The third-order valence-electron chi connectivity index (χ3n) is 3.40. The van der Waals surface area contributed by atoms with Crippen LogP contribution in [-0.2, 0) is 0 Å². The Morgan fingerprint density at radius 3 is 2.63 bits per heavy atom. The van der Waals surface area contributed by atoms with Crippen LogP contribution in [0.5, 0.6) is 11.5 Å². The number of nitriles is 1. The van der Waals surface area contributed by atoms with E-state index in [-0.39, 0.29) is 6.61 Å². The molecule has 1 N–H and O–H groups in total. The molecular weight excluding hydrogens is 242 g/mol. The summed E-state index contributed by atoms with van der Waals surface area (Å²) >= 11 is 0. The van der Waals surface area contributed by atoms with Gasteiger partial charge in [-0.25, -0.2) is 0 Å². The third-order valence-corrected chi connectivity index (χ3v) is 3.40. The summed E-state index contributed by atoms with van der Waals surface area (Å²) in [6, 6.07) is 7.15. The predicted molar refractivity (Wildman–Crippen MR) is 71.2 cm³/mol. The van der Waals surface area contributed by atoms with Gasteiger partial charge >= 0.3 is 0 Å². The monoisotopic (exact) mass is 261 g/mol. The van der Waals surface area contributed by atoms with Crippen molar-refractivity contribution < 1.29 is 14.6 Å². The molecule has 0 unspecified atom stereocenters. The van der Waals surface area contributed by atoms with Gasteiger partial charge in [0.05, 0.1) is 23.8 Å². The number of rotatable bonds is 5. The highest BCUT2D eigenvalue weighted by atomic mass is 16.5. The van der Waals surface area contributed by atoms with Gasteiger partial charge < -0.3 is 14.6 Å². The number of aliphatic hydroxyl groups is 1. The number of hydrogen-bond acceptors (Lipinski definition) is 4. The molecule has 1 aromatic rings. The first-order valence-corrected chi connectivity index (χ1v) is 6.69. The van der Waals surface area contributed by atoms with E-state index in [1.54, 1.807) is 18.2 Å². The van der Waals surface area contributed by atoms with Gasteiger partial charge in [0, 0.05) is 6.07 Å². The molecule has 4 nitrogen and oxygen atoms in total. The number of hydrogen-bond donors (Lipinski definition) is 1. The van der Waals surface area contributed by atoms with Gasteiger partial charge in [-0.05, 0) is 31.9 Å². The second-order valence-electron chi connectivity index (χ2n) is 4.93. The Labute approximate surface area is 113 Å². The van der Waals surface area contributed by atoms with E-state index in [0.29, 0.717) is 23.7 Å². The summed E-state index contributed by atoms with van der Waals surface area (Å²) in [7, 11) is 0. The lowest BCUT2D eigenvalue weighted by Gasteiger charge is -2.23. The van der Waals surface area contributed by atoms with Crippen LogP contribution in [0, 0.1) is 11.3 Å². The molecule has 1 aliphatic rings. The summed E-state index contributed by atoms with van der Waals surface area (Å²) in [5, 5.41) is 19.1. The zero-order chi connectivity index (χ0) is 13.7. The molecule has 1 fully saturated rings. The van der Waals surface area contributed by atoms with Gasteiger partial charge in [-0.15, -0.1) is 0 Å². The maximum absolute atomic E-state index is 10.3. The van der Waals surface area contributed by atoms with Gasteiger partial charge in [0.2, 0.25) is 0 Å². The molecule has 0 amide bonds. The normalized spacial score (nSPS) is 16.9. The van der Waals surface area contributed by atoms with Crippen LogP contribution >= 0.6 is 0 Å². The summed E-state index contributed by atoms with van der Waals surface area (Å²) in [5.74, 6) is 1.14. The van der Waals surface area contributed by atoms with E-state index >= 15 is 0 Å². The highest BCUT2D eigenvalue weighted by Gasteiger charge is 2.32. The van der Waals surface area contributed by atoms with Crippen LogP contribution in [0.1, 0.15) is 38.2 Å². The van der Waals surface area contributed by atoms with E-state index in [4.69, 9.17) is 14.7 Å². The summed E-state index contributed by atoms with van der Waals surface area (Å²) in [5.41, 5.74) is -0.174. The summed E-state index contributed by atoms with van der Waals surface area (Å²) in [6.07, 6.45) is 3.66. The van der Waals surface area contributed by atoms with E-state index in [9.17, 15) is 5.11 Å². The molecule has 4 heteroatoms. The van der Waals surface area contributed by atoms with Crippen molar-refractivity contribution in [1.29, 1.82) is 5.26 Å². The first-order valence-electron chi connectivity index (χ1n) is 6.69. The van der Waals surface area contributed by atoms with Gasteiger partial charge in [-0.2, -0.15) is 5.26 Å². The Morgan fingerprint density at radius 1 is 1.26 bits per heavy atom. The molecule has 1 aliphatic carbocycles. The minimum atomic E-state index is -0.711. The molecule has 0 spiro atoms. The molecule has 0 heterocycles. The molecular formula is C15H19NO3. The van der Waals surface area contributed by atoms with Gasteiger partial charge in [-0.1, -0.05) is 12.8 Å². The fourth-order valence-electron chi connectivity index (χ4n) is 2.35. The van der Waals surface area contributed by atoms with Crippen LogP contribution in [0.4, 0.5) is 0 Å². The van der Waals surface area contributed by atoms with Gasteiger partial charge in [0.1, 0.15) is 6.61 Å². The van der Waals surface area contributed by atoms with E-state index in [1.807, 2.05) is 6.92 Å². The van der Waals surface area contributed by atoms with Crippen molar-refractivity contribution in [1.82, 2.24) is 0 Å². The average Bonchev–Trinajstić information content (AvgIpc) is 2.85. The lowest BCUT2D eigenvalue weighted by atomic mass is 10.0. The zero-order valence-electron chi connectivity index (χ0n) is 11.2. The average molecular weight is 261 g/mol. The van der Waals surface area contributed by atoms with E-state index < -0.39 is 5.60 Å². The topological polar surface area (TPSA) is 62.5 Å². The molecule has 19 heavy (non-hydrogen) atoms. The number of nitrogens with zero attached hydrogens (tertiary/aromatic N) is 1. The Kier molecular flexibility index (Phi) is 4.28. The van der Waals surface area contributed by atoms with Crippen molar-refractivity contribution in [2.75, 3.05) is 13.2 Å². The van der Waals surface area contributed by atoms with Crippen LogP contribution in [0.2, 0.25) is 0 Å². The Balaban J connectivity index is 2.08. The zero-order valence-corrected chi connectivity index (χ0v) is 11.2. The first kappa shape index (κ1) is 13.7. The highest BCUT2D eigenvalue weighted by Crippen LogP contribution is 2.33. The fraction of sp³-hybridized carbons (Fsp3) is 0.533. The number of benzene rings is 1. The summed E-state index contributed by atoms with van der Waals surface area (Å²) in [6.45, 7) is 2.67. The van der Waals surface area contributed by atoms with Crippen molar-refractivity contribution in [2.45, 2.75) is 38.2 Å². The molecule has 0 bridgehead atoms. The van der Waals surface area contributed by atoms with E-state index in [0.717, 1.165) is 25.7 Å². The minimum Gasteiger partial charge on any atom is -0.490 e. The molecule has 102 valence electrons. The molecule has 0 aliphatic heterocycles. The van der Waals surface area contributed by atoms with Crippen LogP contribution in [0.25, 0.3) is 0 Å². The lowest BCUT2D eigenvalue weighted by Crippen LogP contribution is -2.32. The van der Waals surface area contributed by atoms with E-state index in [2.05, 4.69) is 6.07 Å². The van der Waals surface area contributed by atoms with Crippen LogP contribution in [0.3, 0.4) is 0 Å². The first-order chi connectivity index (χ1) is 9.17. The second-order valence-corrected chi connectivity index (χ2v) is 4.93. The SMILES string of the molecule is CCOc1cc(C#N)ccc1OCC1(O)CCCC1. The Bertz CT molecular complexity index is 473. The van der Waals surface area contributed by atoms with Crippen molar-refractivity contribution in [2.24, 2.45) is 0 Å². The van der Waals surface area contributed by atoms with Crippen molar-refractivity contribution in [3.8, 4) is 17.6 Å². The molecule has 1 saturated carbocycles. The summed E-state index contributed by atoms with van der Waals surface area (Å²) in [4.78, 5) is 0. The maximum atomic E-state index is 10.3. The molecule has 0 atom stereocenters. The molecule has 2 rings (SSSR count). The third kappa shape index (κ3) is 3.39. The fourth-order valence-corrected chi connectivity index (χ4v) is 2.35. The quantitative estimate of drug-likeness (QED) is 0.885. The molecule has 0 radical (unpaired) electrons. The standard InChI is InChI=1S/C15H19NO3/c1-2-18-14-9-12(10-16)5-6-13(14)19-11-15(17)7-3-4-8-15/h5-6,9,17H,2-4,7-8,11H2,1H3. The lowest BCUT2D eigenvalue weighted by molar-refractivity contribution is 0.000609. The van der Waals surface area contributed by atoms with Gasteiger partial charge in [0.15, 0.2) is 11.5 Å². The molecule has 0 saturated heterocycles. The van der Waals surface area contributed by atoms with E-state index in [1.165, 1.54) is 0 Å². The maximum Gasteiger partial charge on any atom is 0.162 e. The highest BCUT2D eigenvalue weighted by molar-refractivity contribution is 5.46. The largest absolute Gasteiger partial charge is 0.490 e. The molecule has 0 aromatic heterocycles. The van der Waals surface area contributed by atoms with Crippen molar-refractivity contribution in [3.63, 3.8) is 0 Å². The van der Waals surface area contributed by atoms with Gasteiger partial charge in [0.25, 0.3) is 0 Å². The minimum absolute atomic E-state index is 0.277. The van der Waals surface area contributed by atoms with Crippen LogP contribution in [0.15, 0.2) is 18.2 Å². The van der Waals surface area contributed by atoms with Crippen LogP contribution in [-0.4, -0.2) is 23.9 Å². The smallest absolute Gasteiger partial charge is 0.162 e. The Morgan fingerprint density at radius 2 is 2.00 bits per heavy atom. The Hall–Kier alpha value is -1.73. The summed E-state index contributed by atoms with van der Waals surface area (Å²) < 4.78 is 11.2. The predicted octanol–water partition coefficient (Wildman–Crippen LogP) is 2.64. The second kappa shape index (κ2) is 5.94. The van der Waals surface area contributed by atoms with Gasteiger partial charge in [-0.3, -0.25) is 0 Å². The molecule has 1 aromatic carbocycles.